The molecule has 2 N–H and O–H groups in total. The maximum absolute atomic E-state index is 12.5. The molecular formula is C15H22N4O2. The van der Waals surface area contributed by atoms with Crippen molar-refractivity contribution >= 4 is 11.9 Å². The van der Waals surface area contributed by atoms with E-state index in [-0.39, 0.29) is 18.1 Å². The van der Waals surface area contributed by atoms with E-state index in [2.05, 4.69) is 15.3 Å². The molecule has 2 saturated carbocycles. The summed E-state index contributed by atoms with van der Waals surface area (Å²) in [6.07, 6.45) is 6.78. The number of hydrogen-bond donors (Lipinski definition) is 2. The summed E-state index contributed by atoms with van der Waals surface area (Å²) in [7, 11) is 3.60. The van der Waals surface area contributed by atoms with E-state index in [9.17, 15) is 9.90 Å². The first-order valence-corrected chi connectivity index (χ1v) is 7.53. The van der Waals surface area contributed by atoms with Crippen molar-refractivity contribution in [3.8, 4) is 0 Å². The smallest absolute Gasteiger partial charge is 0.256 e. The Bertz CT molecular complexity index is 505. The summed E-state index contributed by atoms with van der Waals surface area (Å²) in [5.74, 6) is 1.63. The quantitative estimate of drug-likeness (QED) is 0.873. The van der Waals surface area contributed by atoms with E-state index in [0.717, 1.165) is 25.7 Å². The molecule has 0 radical (unpaired) electrons. The van der Waals surface area contributed by atoms with Crippen LogP contribution >= 0.6 is 0 Å². The second-order valence-electron chi connectivity index (χ2n) is 6.23. The number of aliphatic hydroxyl groups is 1. The highest BCUT2D eigenvalue weighted by Gasteiger charge is 2.43. The molecule has 1 amide bonds. The average Bonchev–Trinajstić information content (AvgIpc) is 3.03. The number of fused-ring (bicyclic) bond motifs is 1. The predicted octanol–water partition coefficient (Wildman–Crippen LogP) is 1.14. The van der Waals surface area contributed by atoms with Crippen molar-refractivity contribution < 1.29 is 9.90 Å². The van der Waals surface area contributed by atoms with Gasteiger partial charge in [0, 0.05) is 32.5 Å². The predicted molar refractivity (Wildman–Crippen MR) is 78.9 cm³/mol. The zero-order valence-corrected chi connectivity index (χ0v) is 12.5. The zero-order valence-electron chi connectivity index (χ0n) is 12.5. The summed E-state index contributed by atoms with van der Waals surface area (Å²) in [6, 6.07) is 0.268. The second kappa shape index (κ2) is 5.60. The van der Waals surface area contributed by atoms with Gasteiger partial charge in [-0.25, -0.2) is 9.97 Å². The molecule has 6 nitrogen and oxygen atoms in total. The van der Waals surface area contributed by atoms with Crippen LogP contribution in [-0.4, -0.2) is 52.1 Å². The monoisotopic (exact) mass is 290 g/mol. The van der Waals surface area contributed by atoms with Crippen molar-refractivity contribution in [2.24, 2.45) is 11.8 Å². The van der Waals surface area contributed by atoms with E-state index in [1.165, 1.54) is 0 Å². The fourth-order valence-corrected chi connectivity index (χ4v) is 3.81. The Hall–Kier alpha value is -1.69. The van der Waals surface area contributed by atoms with Gasteiger partial charge in [-0.1, -0.05) is 0 Å². The van der Waals surface area contributed by atoms with E-state index in [1.54, 1.807) is 19.4 Å². The molecule has 2 unspecified atom stereocenters. The molecule has 3 rings (SSSR count). The van der Waals surface area contributed by atoms with Crippen molar-refractivity contribution in [3.05, 3.63) is 18.0 Å². The van der Waals surface area contributed by atoms with Crippen LogP contribution in [0.25, 0.3) is 0 Å². The third-order valence-electron chi connectivity index (χ3n) is 4.96. The van der Waals surface area contributed by atoms with Gasteiger partial charge in [-0.05, 0) is 37.5 Å². The number of nitrogens with zero attached hydrogens (tertiary/aromatic N) is 3. The summed E-state index contributed by atoms with van der Waals surface area (Å²) in [5.41, 5.74) is 0.522. The Morgan fingerprint density at radius 1 is 1.24 bits per heavy atom. The Balaban J connectivity index is 1.65. The minimum Gasteiger partial charge on any atom is -0.393 e. The third kappa shape index (κ3) is 2.72. The van der Waals surface area contributed by atoms with Gasteiger partial charge in [0.2, 0.25) is 5.95 Å². The summed E-state index contributed by atoms with van der Waals surface area (Å²) >= 11 is 0. The van der Waals surface area contributed by atoms with Crippen LogP contribution in [0.2, 0.25) is 0 Å². The fraction of sp³-hybridized carbons (Fsp3) is 0.667. The first-order valence-electron chi connectivity index (χ1n) is 7.53. The van der Waals surface area contributed by atoms with Crippen molar-refractivity contribution in [2.75, 3.05) is 19.4 Å². The molecule has 1 heterocycles. The molecule has 21 heavy (non-hydrogen) atoms. The van der Waals surface area contributed by atoms with Crippen LogP contribution < -0.4 is 5.32 Å². The Morgan fingerprint density at radius 2 is 1.81 bits per heavy atom. The lowest BCUT2D eigenvalue weighted by Gasteiger charge is -2.25. The summed E-state index contributed by atoms with van der Waals surface area (Å²) in [5, 5.41) is 12.5. The number of aliphatic hydroxyl groups excluding tert-OH is 1. The number of carbonyl (C=O) groups is 1. The standard InChI is InChI=1S/C15H22N4O2/c1-16-15-17-7-11(8-18-15)14(21)19(2)12-3-9-5-13(20)6-10(9)4-12/h7-10,12-13,20H,3-6H2,1-2H3,(H,16,17,18)/t9-,10+,12?,13?. The van der Waals surface area contributed by atoms with Crippen LogP contribution in [-0.2, 0) is 0 Å². The Morgan fingerprint density at radius 3 is 2.33 bits per heavy atom. The molecule has 0 aromatic carbocycles. The van der Waals surface area contributed by atoms with Gasteiger partial charge >= 0.3 is 0 Å². The molecule has 114 valence electrons. The number of amides is 1. The topological polar surface area (TPSA) is 78.4 Å². The Labute approximate surface area is 124 Å². The highest BCUT2D eigenvalue weighted by atomic mass is 16.3. The Kier molecular flexibility index (Phi) is 3.80. The molecular weight excluding hydrogens is 268 g/mol. The van der Waals surface area contributed by atoms with Gasteiger partial charge < -0.3 is 15.3 Å². The van der Waals surface area contributed by atoms with Crippen LogP contribution in [0.1, 0.15) is 36.0 Å². The van der Waals surface area contributed by atoms with Gasteiger partial charge in [0.15, 0.2) is 0 Å². The SMILES string of the molecule is CNc1ncc(C(=O)N(C)C2C[C@H]3CC(O)C[C@H]3C2)cn1. The highest BCUT2D eigenvalue weighted by Crippen LogP contribution is 2.45. The highest BCUT2D eigenvalue weighted by molar-refractivity contribution is 5.93. The van der Waals surface area contributed by atoms with Crippen LogP contribution in [0, 0.1) is 11.8 Å². The summed E-state index contributed by atoms with van der Waals surface area (Å²) in [6.45, 7) is 0. The summed E-state index contributed by atoms with van der Waals surface area (Å²) < 4.78 is 0. The average molecular weight is 290 g/mol. The van der Waals surface area contributed by atoms with E-state index in [4.69, 9.17) is 0 Å². The van der Waals surface area contributed by atoms with Crippen molar-refractivity contribution in [1.82, 2.24) is 14.9 Å². The molecule has 0 bridgehead atoms. The minimum atomic E-state index is -0.135. The lowest BCUT2D eigenvalue weighted by Crippen LogP contribution is -2.36. The fourth-order valence-electron chi connectivity index (χ4n) is 3.81. The number of aromatic nitrogens is 2. The van der Waals surface area contributed by atoms with Gasteiger partial charge in [0.1, 0.15) is 0 Å². The molecule has 2 aliphatic carbocycles. The van der Waals surface area contributed by atoms with Crippen LogP contribution in [0.3, 0.4) is 0 Å². The number of hydrogen-bond acceptors (Lipinski definition) is 5. The van der Waals surface area contributed by atoms with E-state index in [1.807, 2.05) is 11.9 Å². The maximum Gasteiger partial charge on any atom is 0.256 e. The lowest BCUT2D eigenvalue weighted by molar-refractivity contribution is 0.0721. The number of rotatable bonds is 3. The zero-order chi connectivity index (χ0) is 15.0. The molecule has 1 aromatic rings. The van der Waals surface area contributed by atoms with Crippen LogP contribution in [0.4, 0.5) is 5.95 Å². The number of carbonyl (C=O) groups excluding carboxylic acids is 1. The molecule has 2 aliphatic rings. The molecule has 0 aliphatic heterocycles. The van der Waals surface area contributed by atoms with Crippen molar-refractivity contribution in [1.29, 1.82) is 0 Å². The van der Waals surface area contributed by atoms with Crippen molar-refractivity contribution in [2.45, 2.75) is 37.8 Å². The van der Waals surface area contributed by atoms with E-state index < -0.39 is 0 Å². The lowest BCUT2D eigenvalue weighted by atomic mass is 10.0. The van der Waals surface area contributed by atoms with E-state index in [0.29, 0.717) is 23.3 Å². The van der Waals surface area contributed by atoms with Crippen molar-refractivity contribution in [3.63, 3.8) is 0 Å². The third-order valence-corrected chi connectivity index (χ3v) is 4.96. The van der Waals surface area contributed by atoms with Crippen LogP contribution in [0.15, 0.2) is 12.4 Å². The maximum atomic E-state index is 12.5. The number of nitrogens with one attached hydrogen (secondary N) is 1. The van der Waals surface area contributed by atoms with E-state index >= 15 is 0 Å². The molecule has 2 fully saturated rings. The molecule has 0 spiro atoms. The normalized spacial score (nSPS) is 31.0. The summed E-state index contributed by atoms with van der Waals surface area (Å²) in [4.78, 5) is 22.5. The molecule has 6 heteroatoms. The minimum absolute atomic E-state index is 0.0248. The van der Waals surface area contributed by atoms with Gasteiger partial charge in [-0.3, -0.25) is 4.79 Å². The second-order valence-corrected chi connectivity index (χ2v) is 6.23. The molecule has 0 saturated heterocycles. The first-order chi connectivity index (χ1) is 10.1. The van der Waals surface area contributed by atoms with Gasteiger partial charge in [0.05, 0.1) is 11.7 Å². The van der Waals surface area contributed by atoms with Crippen LogP contribution in [0.5, 0.6) is 0 Å². The largest absolute Gasteiger partial charge is 0.393 e. The van der Waals surface area contributed by atoms with Gasteiger partial charge in [0.25, 0.3) is 5.91 Å². The van der Waals surface area contributed by atoms with Gasteiger partial charge in [-0.15, -0.1) is 0 Å². The molecule has 1 aromatic heterocycles. The molecule has 4 atom stereocenters. The van der Waals surface area contributed by atoms with Gasteiger partial charge in [-0.2, -0.15) is 0 Å². The first kappa shape index (κ1) is 14.3. The number of anilines is 1.